The van der Waals surface area contributed by atoms with E-state index >= 15 is 0 Å². The molecule has 0 bridgehead atoms. The number of hydrogen-bond acceptors (Lipinski definition) is 5. The largest absolute Gasteiger partial charge is 0.492 e. The van der Waals surface area contributed by atoms with E-state index in [2.05, 4.69) is 5.32 Å². The Morgan fingerprint density at radius 2 is 1.96 bits per heavy atom. The molecule has 1 aliphatic rings. The van der Waals surface area contributed by atoms with Crippen LogP contribution in [0, 0.1) is 0 Å². The molecule has 2 aromatic carbocycles. The minimum atomic E-state index is -0.271. The zero-order valence-corrected chi connectivity index (χ0v) is 16.2. The summed E-state index contributed by atoms with van der Waals surface area (Å²) < 4.78 is 16.3. The van der Waals surface area contributed by atoms with Crippen molar-refractivity contribution in [2.75, 3.05) is 27.0 Å². The average molecular weight is 391 g/mol. The number of nitrogens with zero attached hydrogens (tertiary/aromatic N) is 1. The van der Waals surface area contributed by atoms with Crippen LogP contribution in [-0.2, 0) is 11.3 Å². The van der Waals surface area contributed by atoms with Gasteiger partial charge in [-0.1, -0.05) is 17.7 Å². The predicted molar refractivity (Wildman–Crippen MR) is 103 cm³/mol. The molecule has 0 saturated carbocycles. The quantitative estimate of drug-likeness (QED) is 0.750. The molecular formula is C20H23ClN2O4. The van der Waals surface area contributed by atoms with E-state index in [0.717, 1.165) is 17.1 Å². The van der Waals surface area contributed by atoms with Crippen LogP contribution in [0.3, 0.4) is 0 Å². The molecule has 1 aliphatic heterocycles. The Hall–Kier alpha value is -2.44. The minimum Gasteiger partial charge on any atom is -0.492 e. The fraction of sp³-hybridized carbons (Fsp3) is 0.350. The van der Waals surface area contributed by atoms with Crippen LogP contribution in [0.2, 0.25) is 5.02 Å². The Morgan fingerprint density at radius 1 is 1.22 bits per heavy atom. The number of benzene rings is 2. The standard InChI is InChI=1S/C20H23ClN2O4/c1-14(23(2)9-10-25-17-6-4-16(21)5-7-17)20(24)22-12-15-3-8-18-19(11-15)27-13-26-18/h3-8,11,14H,9-10,12-13H2,1-2H3,(H,22,24)/t14-/m1/s1. The zero-order chi connectivity index (χ0) is 19.2. The van der Waals surface area contributed by atoms with Gasteiger partial charge in [-0.2, -0.15) is 0 Å². The molecule has 1 atom stereocenters. The molecule has 1 N–H and O–H groups in total. The van der Waals surface area contributed by atoms with Crippen LogP contribution in [0.5, 0.6) is 17.2 Å². The van der Waals surface area contributed by atoms with Crippen molar-refractivity contribution in [3.8, 4) is 17.2 Å². The summed E-state index contributed by atoms with van der Waals surface area (Å²) in [6.45, 7) is 3.66. The van der Waals surface area contributed by atoms with E-state index < -0.39 is 0 Å². The van der Waals surface area contributed by atoms with Crippen molar-refractivity contribution in [1.29, 1.82) is 0 Å². The van der Waals surface area contributed by atoms with Crippen molar-refractivity contribution < 1.29 is 19.0 Å². The maximum atomic E-state index is 12.4. The van der Waals surface area contributed by atoms with Gasteiger partial charge in [-0.3, -0.25) is 9.69 Å². The van der Waals surface area contributed by atoms with Crippen LogP contribution >= 0.6 is 11.6 Å². The molecule has 0 unspecified atom stereocenters. The molecule has 0 aromatic heterocycles. The SMILES string of the molecule is C[C@H](C(=O)NCc1ccc2c(c1)OCO2)N(C)CCOc1ccc(Cl)cc1. The van der Waals surface area contributed by atoms with E-state index in [-0.39, 0.29) is 18.7 Å². The highest BCUT2D eigenvalue weighted by molar-refractivity contribution is 6.30. The highest BCUT2D eigenvalue weighted by Gasteiger charge is 2.18. The summed E-state index contributed by atoms with van der Waals surface area (Å²) in [5.41, 5.74) is 0.966. The van der Waals surface area contributed by atoms with Gasteiger partial charge in [-0.15, -0.1) is 0 Å². The minimum absolute atomic E-state index is 0.0401. The van der Waals surface area contributed by atoms with Crippen LogP contribution in [0.25, 0.3) is 0 Å². The van der Waals surface area contributed by atoms with Gasteiger partial charge in [0.15, 0.2) is 11.5 Å². The maximum Gasteiger partial charge on any atom is 0.237 e. The zero-order valence-electron chi connectivity index (χ0n) is 15.4. The van der Waals surface area contributed by atoms with Gasteiger partial charge in [0.2, 0.25) is 12.7 Å². The van der Waals surface area contributed by atoms with Crippen molar-refractivity contribution in [2.24, 2.45) is 0 Å². The van der Waals surface area contributed by atoms with Gasteiger partial charge in [0.25, 0.3) is 0 Å². The molecule has 2 aromatic rings. The third-order valence-corrected chi connectivity index (χ3v) is 4.72. The molecule has 0 aliphatic carbocycles. The molecule has 7 heteroatoms. The molecule has 3 rings (SSSR count). The molecule has 0 saturated heterocycles. The molecule has 0 fully saturated rings. The van der Waals surface area contributed by atoms with Crippen molar-refractivity contribution in [3.63, 3.8) is 0 Å². The lowest BCUT2D eigenvalue weighted by molar-refractivity contribution is -0.125. The molecule has 0 radical (unpaired) electrons. The summed E-state index contributed by atoms with van der Waals surface area (Å²) in [6, 6.07) is 12.6. The number of nitrogens with one attached hydrogen (secondary N) is 1. The summed E-state index contributed by atoms with van der Waals surface area (Å²) in [6.07, 6.45) is 0. The van der Waals surface area contributed by atoms with Gasteiger partial charge < -0.3 is 19.5 Å². The topological polar surface area (TPSA) is 60.0 Å². The van der Waals surface area contributed by atoms with Gasteiger partial charge in [-0.25, -0.2) is 0 Å². The lowest BCUT2D eigenvalue weighted by Gasteiger charge is -2.24. The van der Waals surface area contributed by atoms with Crippen LogP contribution in [0.1, 0.15) is 12.5 Å². The van der Waals surface area contributed by atoms with Crippen molar-refractivity contribution in [1.82, 2.24) is 10.2 Å². The Bertz CT molecular complexity index is 782. The number of amides is 1. The number of ether oxygens (including phenoxy) is 3. The first kappa shape index (κ1) is 19.3. The van der Waals surface area contributed by atoms with Crippen LogP contribution < -0.4 is 19.5 Å². The second kappa shape index (κ2) is 8.97. The Kier molecular flexibility index (Phi) is 6.42. The summed E-state index contributed by atoms with van der Waals surface area (Å²) in [5.74, 6) is 2.17. The van der Waals surface area contributed by atoms with E-state index in [0.29, 0.717) is 30.5 Å². The number of halogens is 1. The van der Waals surface area contributed by atoms with Gasteiger partial charge in [0, 0.05) is 18.1 Å². The van der Waals surface area contributed by atoms with Crippen molar-refractivity contribution in [2.45, 2.75) is 19.5 Å². The van der Waals surface area contributed by atoms with E-state index in [9.17, 15) is 4.79 Å². The smallest absolute Gasteiger partial charge is 0.237 e. The number of likely N-dealkylation sites (N-methyl/N-ethyl adjacent to an activating group) is 1. The fourth-order valence-corrected chi connectivity index (χ4v) is 2.75. The number of fused-ring (bicyclic) bond motifs is 1. The average Bonchev–Trinajstić information content (AvgIpc) is 3.14. The molecule has 6 nitrogen and oxygen atoms in total. The van der Waals surface area contributed by atoms with Gasteiger partial charge >= 0.3 is 0 Å². The van der Waals surface area contributed by atoms with Gasteiger partial charge in [-0.05, 0) is 55.9 Å². The van der Waals surface area contributed by atoms with Gasteiger partial charge in [0.05, 0.1) is 6.04 Å². The maximum absolute atomic E-state index is 12.4. The van der Waals surface area contributed by atoms with E-state index in [1.807, 2.05) is 49.2 Å². The second-order valence-electron chi connectivity index (χ2n) is 6.36. The lowest BCUT2D eigenvalue weighted by Crippen LogP contribution is -2.44. The normalized spacial score (nSPS) is 13.5. The van der Waals surface area contributed by atoms with Crippen LogP contribution in [0.4, 0.5) is 0 Å². The lowest BCUT2D eigenvalue weighted by atomic mass is 10.2. The number of carbonyl (C=O) groups excluding carboxylic acids is 1. The van der Waals surface area contributed by atoms with Crippen LogP contribution in [0.15, 0.2) is 42.5 Å². The van der Waals surface area contributed by atoms with E-state index in [4.69, 9.17) is 25.8 Å². The number of rotatable bonds is 8. The third-order valence-electron chi connectivity index (χ3n) is 4.47. The summed E-state index contributed by atoms with van der Waals surface area (Å²) in [7, 11) is 1.90. The number of hydrogen-bond donors (Lipinski definition) is 1. The molecule has 27 heavy (non-hydrogen) atoms. The molecule has 144 valence electrons. The third kappa shape index (κ3) is 5.28. The first-order chi connectivity index (χ1) is 13.0. The van der Waals surface area contributed by atoms with E-state index in [1.54, 1.807) is 12.1 Å². The second-order valence-corrected chi connectivity index (χ2v) is 6.80. The van der Waals surface area contributed by atoms with Gasteiger partial charge in [0.1, 0.15) is 12.4 Å². The fourth-order valence-electron chi connectivity index (χ4n) is 2.62. The highest BCUT2D eigenvalue weighted by atomic mass is 35.5. The first-order valence-electron chi connectivity index (χ1n) is 8.78. The molecule has 0 spiro atoms. The highest BCUT2D eigenvalue weighted by Crippen LogP contribution is 2.32. The molecule has 1 amide bonds. The summed E-state index contributed by atoms with van der Waals surface area (Å²) in [4.78, 5) is 14.3. The van der Waals surface area contributed by atoms with E-state index in [1.165, 1.54) is 0 Å². The predicted octanol–water partition coefficient (Wildman–Crippen LogP) is 3.08. The Labute approximate surface area is 164 Å². The first-order valence-corrected chi connectivity index (χ1v) is 9.15. The summed E-state index contributed by atoms with van der Waals surface area (Å²) in [5, 5.41) is 3.63. The van der Waals surface area contributed by atoms with Crippen LogP contribution in [-0.4, -0.2) is 43.8 Å². The Morgan fingerprint density at radius 3 is 2.74 bits per heavy atom. The summed E-state index contributed by atoms with van der Waals surface area (Å²) >= 11 is 5.85. The number of carbonyl (C=O) groups is 1. The van der Waals surface area contributed by atoms with Crippen molar-refractivity contribution >= 4 is 17.5 Å². The molecular weight excluding hydrogens is 368 g/mol. The van der Waals surface area contributed by atoms with Crippen molar-refractivity contribution in [3.05, 3.63) is 53.1 Å². The monoisotopic (exact) mass is 390 g/mol. The Balaban J connectivity index is 1.41. The molecule has 1 heterocycles.